The summed E-state index contributed by atoms with van der Waals surface area (Å²) < 4.78 is 0. The highest BCUT2D eigenvalue weighted by Gasteiger charge is 2.23. The van der Waals surface area contributed by atoms with Crippen molar-refractivity contribution >= 4 is 28.6 Å². The van der Waals surface area contributed by atoms with Crippen molar-refractivity contribution in [1.29, 1.82) is 0 Å². The van der Waals surface area contributed by atoms with Crippen molar-refractivity contribution in [3.63, 3.8) is 0 Å². The van der Waals surface area contributed by atoms with Crippen molar-refractivity contribution in [1.82, 2.24) is 10.3 Å². The summed E-state index contributed by atoms with van der Waals surface area (Å²) in [6.07, 6.45) is 1.44. The number of hydrogen-bond acceptors (Lipinski definition) is 3. The quantitative estimate of drug-likeness (QED) is 0.562. The Morgan fingerprint density at radius 1 is 1.26 bits per heavy atom. The second-order valence-corrected chi connectivity index (χ2v) is 4.11. The number of rotatable bonds is 4. The zero-order chi connectivity index (χ0) is 14.0. The molecule has 3 N–H and O–H groups in total. The van der Waals surface area contributed by atoms with Gasteiger partial charge in [0.1, 0.15) is 6.04 Å². The van der Waals surface area contributed by atoms with E-state index < -0.39 is 23.7 Å². The lowest BCUT2D eigenvalue weighted by atomic mass is 10.1. The minimum absolute atomic E-state index is 0.227. The van der Waals surface area contributed by atoms with Crippen molar-refractivity contribution < 1.29 is 19.5 Å². The van der Waals surface area contributed by atoms with Crippen molar-refractivity contribution in [2.75, 3.05) is 0 Å². The lowest BCUT2D eigenvalue weighted by Crippen LogP contribution is -2.41. The number of benzene rings is 1. The molecule has 0 unspecified atom stereocenters. The molecule has 6 heteroatoms. The Kier molecular flexibility index (Phi) is 3.33. The molecule has 1 atom stereocenters. The van der Waals surface area contributed by atoms with Crippen LogP contribution in [-0.2, 0) is 9.59 Å². The summed E-state index contributed by atoms with van der Waals surface area (Å²) in [6, 6.07) is 5.95. The normalized spacial score (nSPS) is 12.1. The van der Waals surface area contributed by atoms with Gasteiger partial charge in [-0.05, 0) is 13.0 Å². The third kappa shape index (κ3) is 2.47. The van der Waals surface area contributed by atoms with E-state index >= 15 is 0 Å². The van der Waals surface area contributed by atoms with Gasteiger partial charge in [0.25, 0.3) is 11.7 Å². The average molecular weight is 260 g/mol. The first-order chi connectivity index (χ1) is 9.00. The SMILES string of the molecule is C[C@H](NC(=O)C(=O)c1c[nH]c2ccccc12)C(=O)O. The minimum atomic E-state index is -1.19. The van der Waals surface area contributed by atoms with Gasteiger partial charge >= 0.3 is 5.97 Å². The molecule has 6 nitrogen and oxygen atoms in total. The third-order valence-corrected chi connectivity index (χ3v) is 2.76. The summed E-state index contributed by atoms with van der Waals surface area (Å²) in [4.78, 5) is 37.1. The summed E-state index contributed by atoms with van der Waals surface area (Å²) in [5.74, 6) is -2.88. The van der Waals surface area contributed by atoms with Gasteiger partial charge in [0, 0.05) is 17.1 Å². The minimum Gasteiger partial charge on any atom is -0.480 e. The van der Waals surface area contributed by atoms with Crippen molar-refractivity contribution in [2.24, 2.45) is 0 Å². The Balaban J connectivity index is 2.24. The number of hydrogen-bond donors (Lipinski definition) is 3. The second-order valence-electron chi connectivity index (χ2n) is 4.11. The Hall–Kier alpha value is -2.63. The van der Waals surface area contributed by atoms with Gasteiger partial charge in [-0.2, -0.15) is 0 Å². The van der Waals surface area contributed by atoms with Gasteiger partial charge in [-0.1, -0.05) is 18.2 Å². The summed E-state index contributed by atoms with van der Waals surface area (Å²) in [7, 11) is 0. The molecule has 0 fully saturated rings. The molecular weight excluding hydrogens is 248 g/mol. The number of nitrogens with one attached hydrogen (secondary N) is 2. The van der Waals surface area contributed by atoms with Gasteiger partial charge in [0.2, 0.25) is 0 Å². The molecule has 0 aliphatic carbocycles. The van der Waals surface area contributed by atoms with Gasteiger partial charge in [0.15, 0.2) is 0 Å². The molecule has 0 spiro atoms. The highest BCUT2D eigenvalue weighted by Crippen LogP contribution is 2.18. The topological polar surface area (TPSA) is 99.3 Å². The number of para-hydroxylation sites is 1. The van der Waals surface area contributed by atoms with Crippen LogP contribution in [0.2, 0.25) is 0 Å². The Bertz CT molecular complexity index is 659. The number of carbonyl (C=O) groups excluding carboxylic acids is 2. The molecule has 0 saturated heterocycles. The smallest absolute Gasteiger partial charge is 0.325 e. The average Bonchev–Trinajstić information content (AvgIpc) is 2.81. The molecule has 1 aromatic carbocycles. The fraction of sp³-hybridized carbons (Fsp3) is 0.154. The molecule has 98 valence electrons. The first kappa shape index (κ1) is 12.8. The van der Waals surface area contributed by atoms with E-state index in [1.54, 1.807) is 24.3 Å². The van der Waals surface area contributed by atoms with Crippen molar-refractivity contribution in [2.45, 2.75) is 13.0 Å². The number of aliphatic carboxylic acids is 1. The maximum Gasteiger partial charge on any atom is 0.325 e. The molecule has 1 amide bonds. The van der Waals surface area contributed by atoms with Gasteiger partial charge in [-0.25, -0.2) is 0 Å². The van der Waals surface area contributed by atoms with E-state index in [4.69, 9.17) is 5.11 Å². The van der Waals surface area contributed by atoms with Crippen LogP contribution in [-0.4, -0.2) is 33.8 Å². The number of aromatic amines is 1. The van der Waals surface area contributed by atoms with E-state index in [0.29, 0.717) is 5.39 Å². The largest absolute Gasteiger partial charge is 0.480 e. The van der Waals surface area contributed by atoms with Crippen LogP contribution in [0.5, 0.6) is 0 Å². The number of ketones is 1. The Morgan fingerprint density at radius 2 is 1.95 bits per heavy atom. The van der Waals surface area contributed by atoms with Crippen LogP contribution < -0.4 is 5.32 Å². The van der Waals surface area contributed by atoms with Gasteiger partial charge < -0.3 is 15.4 Å². The van der Waals surface area contributed by atoms with Crippen LogP contribution in [0, 0.1) is 0 Å². The number of carbonyl (C=O) groups is 3. The molecule has 2 aromatic rings. The first-order valence-corrected chi connectivity index (χ1v) is 5.65. The fourth-order valence-electron chi connectivity index (χ4n) is 1.71. The third-order valence-electron chi connectivity index (χ3n) is 2.76. The van der Waals surface area contributed by atoms with Gasteiger partial charge in [-0.3, -0.25) is 14.4 Å². The van der Waals surface area contributed by atoms with Crippen LogP contribution in [0.4, 0.5) is 0 Å². The van der Waals surface area contributed by atoms with Crippen molar-refractivity contribution in [3.05, 3.63) is 36.0 Å². The number of aromatic nitrogens is 1. The number of H-pyrrole nitrogens is 1. The second kappa shape index (κ2) is 4.93. The zero-order valence-corrected chi connectivity index (χ0v) is 10.1. The maximum atomic E-state index is 12.0. The molecule has 1 aromatic heterocycles. The Morgan fingerprint density at radius 3 is 2.63 bits per heavy atom. The first-order valence-electron chi connectivity index (χ1n) is 5.65. The molecule has 2 rings (SSSR count). The number of carboxylic acids is 1. The summed E-state index contributed by atoms with van der Waals surface area (Å²) in [5.41, 5.74) is 0.968. The van der Waals surface area contributed by atoms with Crippen LogP contribution in [0.15, 0.2) is 30.5 Å². The molecule has 0 aliphatic heterocycles. The van der Waals surface area contributed by atoms with E-state index in [9.17, 15) is 14.4 Å². The summed E-state index contributed by atoms with van der Waals surface area (Å²) >= 11 is 0. The highest BCUT2D eigenvalue weighted by atomic mass is 16.4. The lowest BCUT2D eigenvalue weighted by Gasteiger charge is -2.07. The maximum absolute atomic E-state index is 12.0. The molecule has 19 heavy (non-hydrogen) atoms. The standard InChI is InChI=1S/C13H12N2O4/c1-7(13(18)19)15-12(17)11(16)9-6-14-10-5-3-2-4-8(9)10/h2-7,14H,1H3,(H,15,17)(H,18,19)/t7-/m0/s1. The van der Waals surface area contributed by atoms with E-state index in [1.165, 1.54) is 13.1 Å². The molecule has 0 bridgehead atoms. The predicted molar refractivity (Wildman–Crippen MR) is 67.9 cm³/mol. The molecule has 1 heterocycles. The summed E-state index contributed by atoms with van der Waals surface area (Å²) in [6.45, 7) is 1.29. The van der Waals surface area contributed by atoms with E-state index in [-0.39, 0.29) is 5.56 Å². The Labute approximate surface area is 108 Å². The number of amides is 1. The predicted octanol–water partition coefficient (Wildman–Crippen LogP) is 0.940. The summed E-state index contributed by atoms with van der Waals surface area (Å²) in [5, 5.41) is 11.4. The van der Waals surface area contributed by atoms with Crippen LogP contribution in [0.3, 0.4) is 0 Å². The zero-order valence-electron chi connectivity index (χ0n) is 10.1. The lowest BCUT2D eigenvalue weighted by molar-refractivity contribution is -0.140. The van der Waals surface area contributed by atoms with Crippen LogP contribution in [0.25, 0.3) is 10.9 Å². The van der Waals surface area contributed by atoms with Gasteiger partial charge in [0.05, 0.1) is 5.56 Å². The number of carboxylic acid groups (broad SMARTS) is 1. The number of fused-ring (bicyclic) bond motifs is 1. The van der Waals surface area contributed by atoms with Crippen LogP contribution in [0.1, 0.15) is 17.3 Å². The van der Waals surface area contributed by atoms with Crippen molar-refractivity contribution in [3.8, 4) is 0 Å². The fourth-order valence-corrected chi connectivity index (χ4v) is 1.71. The molecular formula is C13H12N2O4. The monoisotopic (exact) mass is 260 g/mol. The van der Waals surface area contributed by atoms with E-state index in [0.717, 1.165) is 5.52 Å². The molecule has 0 saturated carbocycles. The van der Waals surface area contributed by atoms with E-state index in [1.807, 2.05) is 0 Å². The van der Waals surface area contributed by atoms with E-state index in [2.05, 4.69) is 10.3 Å². The number of Topliss-reactive ketones (excluding diaryl/α,β-unsaturated/α-hetero) is 1. The van der Waals surface area contributed by atoms with Crippen LogP contribution >= 0.6 is 0 Å². The highest BCUT2D eigenvalue weighted by molar-refractivity contribution is 6.45. The molecule has 0 radical (unpaired) electrons. The molecule has 0 aliphatic rings. The van der Waals surface area contributed by atoms with Gasteiger partial charge in [-0.15, -0.1) is 0 Å².